The van der Waals surface area contributed by atoms with E-state index in [2.05, 4.69) is 15.5 Å². The number of sulfone groups is 1. The van der Waals surface area contributed by atoms with Crippen LogP contribution < -0.4 is 5.32 Å². The number of carbonyl (C=O) groups is 1. The molecule has 0 unspecified atom stereocenters. The van der Waals surface area contributed by atoms with Crippen LogP contribution in [0.1, 0.15) is 0 Å². The van der Waals surface area contributed by atoms with Crippen molar-refractivity contribution in [3.05, 3.63) is 42.5 Å². The van der Waals surface area contributed by atoms with Crippen molar-refractivity contribution in [3.8, 4) is 0 Å². The van der Waals surface area contributed by atoms with E-state index in [9.17, 15) is 13.2 Å². The van der Waals surface area contributed by atoms with Crippen molar-refractivity contribution in [2.24, 2.45) is 0 Å². The molecule has 0 atom stereocenters. The number of hydrogen-bond donors (Lipinski definition) is 1. The molecule has 0 saturated carbocycles. The van der Waals surface area contributed by atoms with Gasteiger partial charge in [-0.25, -0.2) is 8.42 Å². The number of anilines is 1. The first-order chi connectivity index (χ1) is 11.5. The molecule has 0 aliphatic rings. The second-order valence-electron chi connectivity index (χ2n) is 4.89. The van der Waals surface area contributed by atoms with Crippen LogP contribution in [0.25, 0.3) is 10.8 Å². The first-order valence-corrected chi connectivity index (χ1v) is 10.6. The molecule has 0 aliphatic heterocycles. The number of rotatable bonds is 5. The molecule has 6 nitrogen and oxygen atoms in total. The molecule has 3 rings (SSSR count). The molecule has 3 aromatic rings. The molecular weight excluding hydrogens is 366 g/mol. The third-order valence-corrected chi connectivity index (χ3v) is 6.66. The van der Waals surface area contributed by atoms with Crippen molar-refractivity contribution < 1.29 is 13.2 Å². The van der Waals surface area contributed by atoms with Crippen LogP contribution in [0.4, 0.5) is 5.13 Å². The van der Waals surface area contributed by atoms with Gasteiger partial charge >= 0.3 is 0 Å². The molecule has 1 amide bonds. The van der Waals surface area contributed by atoms with Crippen molar-refractivity contribution in [3.63, 3.8) is 0 Å². The van der Waals surface area contributed by atoms with Crippen LogP contribution >= 0.6 is 23.1 Å². The van der Waals surface area contributed by atoms with Crippen LogP contribution in [0, 0.1) is 0 Å². The molecular formula is C15H13N3O3S3. The van der Waals surface area contributed by atoms with Gasteiger partial charge in [0.15, 0.2) is 14.2 Å². The van der Waals surface area contributed by atoms with E-state index in [1.54, 1.807) is 12.1 Å². The van der Waals surface area contributed by atoms with Gasteiger partial charge in [-0.1, -0.05) is 53.4 Å². The normalized spacial score (nSPS) is 11.5. The summed E-state index contributed by atoms with van der Waals surface area (Å²) in [7, 11) is -3.73. The van der Waals surface area contributed by atoms with E-state index in [1.165, 1.54) is 29.2 Å². The fourth-order valence-electron chi connectivity index (χ4n) is 2.11. The lowest BCUT2D eigenvalue weighted by atomic mass is 10.1. The van der Waals surface area contributed by atoms with Crippen molar-refractivity contribution in [2.45, 2.75) is 9.24 Å². The summed E-state index contributed by atoms with van der Waals surface area (Å²) in [5.74, 6) is -1.27. The van der Waals surface area contributed by atoms with Crippen molar-refractivity contribution in [1.82, 2.24) is 10.2 Å². The lowest BCUT2D eigenvalue weighted by Crippen LogP contribution is -2.23. The minimum absolute atomic E-state index is 0.124. The van der Waals surface area contributed by atoms with E-state index < -0.39 is 21.5 Å². The molecule has 0 saturated heterocycles. The van der Waals surface area contributed by atoms with Crippen LogP contribution in [-0.2, 0) is 14.6 Å². The SMILES string of the molecule is CSc1nnc(NC(=O)CS(=O)(=O)c2ccc3ccccc3c2)s1. The average Bonchev–Trinajstić information content (AvgIpc) is 3.01. The topological polar surface area (TPSA) is 89.0 Å². The number of aromatic nitrogens is 2. The number of nitrogens with one attached hydrogen (secondary N) is 1. The Kier molecular flexibility index (Phi) is 4.83. The van der Waals surface area contributed by atoms with Gasteiger partial charge in [0.05, 0.1) is 4.90 Å². The number of nitrogens with zero attached hydrogens (tertiary/aromatic N) is 2. The second kappa shape index (κ2) is 6.88. The molecule has 1 aromatic heterocycles. The van der Waals surface area contributed by atoms with E-state index in [-0.39, 0.29) is 10.0 Å². The van der Waals surface area contributed by atoms with E-state index in [1.807, 2.05) is 30.5 Å². The smallest absolute Gasteiger partial charge is 0.241 e. The fraction of sp³-hybridized carbons (Fsp3) is 0.133. The number of carbonyl (C=O) groups excluding carboxylic acids is 1. The van der Waals surface area contributed by atoms with Crippen LogP contribution in [0.5, 0.6) is 0 Å². The summed E-state index contributed by atoms with van der Waals surface area (Å²) >= 11 is 2.60. The quantitative estimate of drug-likeness (QED) is 0.542. The van der Waals surface area contributed by atoms with Crippen molar-refractivity contribution in [1.29, 1.82) is 0 Å². The molecule has 1 N–H and O–H groups in total. The number of amides is 1. The van der Waals surface area contributed by atoms with E-state index in [0.717, 1.165) is 10.8 Å². The summed E-state index contributed by atoms with van der Waals surface area (Å²) in [5.41, 5.74) is 0. The Balaban J connectivity index is 1.77. The highest BCUT2D eigenvalue weighted by atomic mass is 32.2. The number of hydrogen-bond acceptors (Lipinski definition) is 7. The maximum absolute atomic E-state index is 12.4. The minimum atomic E-state index is -3.73. The van der Waals surface area contributed by atoms with Gasteiger partial charge < -0.3 is 0 Å². The molecule has 0 radical (unpaired) electrons. The summed E-state index contributed by atoms with van der Waals surface area (Å²) in [4.78, 5) is 12.1. The Morgan fingerprint density at radius 3 is 2.62 bits per heavy atom. The first-order valence-electron chi connectivity index (χ1n) is 6.87. The van der Waals surface area contributed by atoms with Gasteiger partial charge in [0.1, 0.15) is 5.75 Å². The summed E-state index contributed by atoms with van der Waals surface area (Å²) in [6.45, 7) is 0. The summed E-state index contributed by atoms with van der Waals surface area (Å²) in [5, 5.41) is 12.2. The second-order valence-corrected chi connectivity index (χ2v) is 8.91. The first kappa shape index (κ1) is 16.9. The van der Waals surface area contributed by atoms with Crippen LogP contribution in [0.15, 0.2) is 51.7 Å². The third kappa shape index (κ3) is 3.74. The van der Waals surface area contributed by atoms with Gasteiger partial charge in [-0.3, -0.25) is 10.1 Å². The standard InChI is InChI=1S/C15H13N3O3S3/c1-22-15-18-17-14(23-15)16-13(19)9-24(20,21)12-7-6-10-4-2-3-5-11(10)8-12/h2-8H,9H2,1H3,(H,16,17,19). The Labute approximate surface area is 147 Å². The highest BCUT2D eigenvalue weighted by Gasteiger charge is 2.20. The van der Waals surface area contributed by atoms with Crippen LogP contribution in [0.3, 0.4) is 0 Å². The lowest BCUT2D eigenvalue weighted by molar-refractivity contribution is -0.113. The molecule has 2 aromatic carbocycles. The Hall–Kier alpha value is -1.97. The number of thioether (sulfide) groups is 1. The molecule has 0 spiro atoms. The van der Waals surface area contributed by atoms with Gasteiger partial charge in [0, 0.05) is 0 Å². The minimum Gasteiger partial charge on any atom is -0.300 e. The zero-order valence-electron chi connectivity index (χ0n) is 12.6. The number of fused-ring (bicyclic) bond motifs is 1. The Morgan fingerprint density at radius 2 is 1.92 bits per heavy atom. The van der Waals surface area contributed by atoms with E-state index >= 15 is 0 Å². The third-order valence-electron chi connectivity index (χ3n) is 3.23. The molecule has 9 heteroatoms. The largest absolute Gasteiger partial charge is 0.300 e. The molecule has 0 aliphatic carbocycles. The predicted octanol–water partition coefficient (Wildman–Crippen LogP) is 2.83. The van der Waals surface area contributed by atoms with Gasteiger partial charge in [-0.15, -0.1) is 10.2 Å². The average molecular weight is 379 g/mol. The Bertz CT molecular complexity index is 999. The molecule has 1 heterocycles. The van der Waals surface area contributed by atoms with Gasteiger partial charge in [-0.05, 0) is 29.2 Å². The summed E-state index contributed by atoms with van der Waals surface area (Å²) < 4.78 is 25.6. The summed E-state index contributed by atoms with van der Waals surface area (Å²) in [6, 6.07) is 12.3. The zero-order valence-corrected chi connectivity index (χ0v) is 15.0. The monoisotopic (exact) mass is 379 g/mol. The van der Waals surface area contributed by atoms with Crippen molar-refractivity contribution in [2.75, 3.05) is 17.3 Å². The summed E-state index contributed by atoms with van der Waals surface area (Å²) in [6.07, 6.45) is 1.84. The zero-order chi connectivity index (χ0) is 17.2. The molecule has 0 bridgehead atoms. The highest BCUT2D eigenvalue weighted by Crippen LogP contribution is 2.23. The molecule has 124 valence electrons. The molecule has 24 heavy (non-hydrogen) atoms. The van der Waals surface area contributed by atoms with E-state index in [4.69, 9.17) is 0 Å². The highest BCUT2D eigenvalue weighted by molar-refractivity contribution is 8.00. The van der Waals surface area contributed by atoms with Crippen LogP contribution in [0.2, 0.25) is 0 Å². The van der Waals surface area contributed by atoms with Crippen LogP contribution in [-0.4, -0.2) is 36.5 Å². The molecule has 0 fully saturated rings. The fourth-order valence-corrected chi connectivity index (χ4v) is 4.47. The predicted molar refractivity (Wildman–Crippen MR) is 96.3 cm³/mol. The Morgan fingerprint density at radius 1 is 1.17 bits per heavy atom. The maximum atomic E-state index is 12.4. The van der Waals surface area contributed by atoms with E-state index in [0.29, 0.717) is 4.34 Å². The maximum Gasteiger partial charge on any atom is 0.241 e. The lowest BCUT2D eigenvalue weighted by Gasteiger charge is -2.06. The number of benzene rings is 2. The van der Waals surface area contributed by atoms with Gasteiger partial charge in [0.2, 0.25) is 11.0 Å². The van der Waals surface area contributed by atoms with Crippen molar-refractivity contribution >= 4 is 54.7 Å². The van der Waals surface area contributed by atoms with Gasteiger partial charge in [-0.2, -0.15) is 0 Å². The van der Waals surface area contributed by atoms with Gasteiger partial charge in [0.25, 0.3) is 0 Å².